The van der Waals surface area contributed by atoms with Crippen molar-refractivity contribution in [3.63, 3.8) is 0 Å². The number of fused-ring (bicyclic) bond motifs is 1. The van der Waals surface area contributed by atoms with Crippen LogP contribution in [0.15, 0.2) is 62.2 Å². The molecule has 4 rings (SSSR count). The van der Waals surface area contributed by atoms with Crippen LogP contribution in [0.5, 0.6) is 0 Å². The van der Waals surface area contributed by atoms with Gasteiger partial charge < -0.3 is 18.6 Å². The quantitative estimate of drug-likeness (QED) is 0.504. The van der Waals surface area contributed by atoms with Gasteiger partial charge in [-0.15, -0.1) is 0 Å². The van der Waals surface area contributed by atoms with Crippen molar-refractivity contribution in [3.05, 3.63) is 81.8 Å². The van der Waals surface area contributed by atoms with Gasteiger partial charge in [0.2, 0.25) is 5.95 Å². The van der Waals surface area contributed by atoms with Gasteiger partial charge in [-0.1, -0.05) is 30.3 Å². The van der Waals surface area contributed by atoms with Gasteiger partial charge in [-0.3, -0.25) is 4.79 Å². The maximum Gasteiger partial charge on any atom is 0.519 e. The molecule has 0 unspecified atom stereocenters. The summed E-state index contributed by atoms with van der Waals surface area (Å²) in [7, 11) is 1.23. The molecule has 9 heteroatoms. The Morgan fingerprint density at radius 2 is 1.87 bits per heavy atom. The highest BCUT2D eigenvalue weighted by Gasteiger charge is 2.24. The van der Waals surface area contributed by atoms with Crippen LogP contribution in [0.25, 0.3) is 11.0 Å². The Morgan fingerprint density at radius 3 is 2.53 bits per heavy atom. The highest BCUT2D eigenvalue weighted by atomic mass is 16.6. The summed E-state index contributed by atoms with van der Waals surface area (Å²) in [6.45, 7) is 1.43. The minimum Gasteiger partial charge on any atom is -0.452 e. The molecule has 2 aromatic carbocycles. The average Bonchev–Trinajstić information content (AvgIpc) is 3.32. The average molecular weight is 407 g/mol. The van der Waals surface area contributed by atoms with Gasteiger partial charge in [-0.2, -0.15) is 0 Å². The van der Waals surface area contributed by atoms with Crippen LogP contribution in [-0.2, 0) is 11.3 Å². The van der Waals surface area contributed by atoms with Crippen molar-refractivity contribution in [2.75, 3.05) is 12.0 Å². The molecule has 30 heavy (non-hydrogen) atoms. The molecular weight excluding hydrogens is 390 g/mol. The predicted octanol–water partition coefficient (Wildman–Crippen LogP) is 3.42. The summed E-state index contributed by atoms with van der Waals surface area (Å²) in [5.41, 5.74) is 2.14. The lowest BCUT2D eigenvalue weighted by Gasteiger charge is -2.16. The lowest BCUT2D eigenvalue weighted by Crippen LogP contribution is -2.31. The van der Waals surface area contributed by atoms with Gasteiger partial charge in [0.15, 0.2) is 11.5 Å². The lowest BCUT2D eigenvalue weighted by atomic mass is 10.0. The summed E-state index contributed by atoms with van der Waals surface area (Å²) in [5.74, 6) is -0.403. The number of aromatic nitrogens is 2. The van der Waals surface area contributed by atoms with E-state index in [1.807, 2.05) is 6.07 Å². The van der Waals surface area contributed by atoms with E-state index in [1.165, 1.54) is 12.0 Å². The summed E-state index contributed by atoms with van der Waals surface area (Å²) >= 11 is 0. The summed E-state index contributed by atoms with van der Waals surface area (Å²) < 4.78 is 14.6. The summed E-state index contributed by atoms with van der Waals surface area (Å²) in [6.07, 6.45) is -0.710. The lowest BCUT2D eigenvalue weighted by molar-refractivity contribution is 0.103. The zero-order valence-electron chi connectivity index (χ0n) is 16.2. The molecular formula is C21H17N3O6. The smallest absolute Gasteiger partial charge is 0.452 e. The number of methoxy groups -OCH3 is 1. The Kier molecular flexibility index (Phi) is 4.93. The van der Waals surface area contributed by atoms with Crippen LogP contribution in [0.2, 0.25) is 0 Å². The van der Waals surface area contributed by atoms with Crippen molar-refractivity contribution in [2.24, 2.45) is 0 Å². The highest BCUT2D eigenvalue weighted by molar-refractivity contribution is 6.10. The number of aromatic amines is 1. The van der Waals surface area contributed by atoms with Gasteiger partial charge >= 0.3 is 11.9 Å². The minimum atomic E-state index is -0.860. The number of rotatable bonds is 5. The topological polar surface area (TPSA) is 119 Å². The molecule has 0 atom stereocenters. The van der Waals surface area contributed by atoms with Gasteiger partial charge in [0.05, 0.1) is 24.7 Å². The zero-order valence-corrected chi connectivity index (χ0v) is 16.2. The van der Waals surface area contributed by atoms with Crippen molar-refractivity contribution >= 4 is 28.9 Å². The second kappa shape index (κ2) is 7.70. The number of nitrogens with zero attached hydrogens (tertiary/aromatic N) is 2. The Morgan fingerprint density at radius 1 is 1.10 bits per heavy atom. The molecule has 0 fully saturated rings. The molecule has 0 saturated carbocycles. The molecule has 0 spiro atoms. The summed E-state index contributed by atoms with van der Waals surface area (Å²) in [5, 5.41) is 0. The molecule has 0 aliphatic carbocycles. The Bertz CT molecular complexity index is 1290. The zero-order chi connectivity index (χ0) is 21.3. The number of aryl methyl sites for hydroxylation is 1. The van der Waals surface area contributed by atoms with Crippen LogP contribution < -0.4 is 10.7 Å². The molecule has 0 radical (unpaired) electrons. The molecule has 4 aromatic rings. The summed E-state index contributed by atoms with van der Waals surface area (Å²) in [4.78, 5) is 44.9. The Balaban J connectivity index is 1.70. The second-order valence-corrected chi connectivity index (χ2v) is 6.48. The van der Waals surface area contributed by atoms with Crippen molar-refractivity contribution in [1.29, 1.82) is 0 Å². The first-order valence-corrected chi connectivity index (χ1v) is 9.00. The third-order valence-electron chi connectivity index (χ3n) is 4.56. The molecule has 0 aliphatic heterocycles. The van der Waals surface area contributed by atoms with Crippen molar-refractivity contribution in [2.45, 2.75) is 13.5 Å². The molecule has 0 saturated heterocycles. The number of nitrogens with one attached hydrogen (secondary N) is 1. The SMILES string of the molecule is COC(=O)N(Cc1oc(=O)oc1C)c1nc2cc(C(=O)c3ccccc3)ccc2[nH]1. The van der Waals surface area contributed by atoms with Crippen molar-refractivity contribution < 1.29 is 23.2 Å². The van der Waals surface area contributed by atoms with Gasteiger partial charge in [0, 0.05) is 11.1 Å². The van der Waals surface area contributed by atoms with E-state index in [9.17, 15) is 14.4 Å². The van der Waals surface area contributed by atoms with Gasteiger partial charge in [0.1, 0.15) is 5.76 Å². The monoisotopic (exact) mass is 407 g/mol. The number of ketones is 1. The van der Waals surface area contributed by atoms with E-state index in [-0.39, 0.29) is 29.8 Å². The first-order chi connectivity index (χ1) is 14.5. The van der Waals surface area contributed by atoms with E-state index in [1.54, 1.807) is 49.4 Å². The van der Waals surface area contributed by atoms with Crippen LogP contribution in [-0.4, -0.2) is 29.0 Å². The molecule has 0 bridgehead atoms. The van der Waals surface area contributed by atoms with Crippen LogP contribution in [0.4, 0.5) is 10.7 Å². The molecule has 0 aliphatic rings. The number of carbonyl (C=O) groups excluding carboxylic acids is 2. The van der Waals surface area contributed by atoms with Gasteiger partial charge in [0.25, 0.3) is 0 Å². The fraction of sp³-hybridized carbons (Fsp3) is 0.143. The third kappa shape index (κ3) is 3.60. The maximum absolute atomic E-state index is 12.7. The van der Waals surface area contributed by atoms with E-state index >= 15 is 0 Å². The molecule has 1 amide bonds. The number of anilines is 1. The normalized spacial score (nSPS) is 10.9. The number of hydrogen-bond donors (Lipinski definition) is 1. The van der Waals surface area contributed by atoms with Crippen LogP contribution in [0.3, 0.4) is 0 Å². The molecule has 152 valence electrons. The molecule has 2 aromatic heterocycles. The Hall–Kier alpha value is -4.14. The highest BCUT2D eigenvalue weighted by Crippen LogP contribution is 2.23. The maximum atomic E-state index is 12.7. The summed E-state index contributed by atoms with van der Waals surface area (Å²) in [6, 6.07) is 13.9. The number of ether oxygens (including phenoxy) is 1. The van der Waals surface area contributed by atoms with E-state index < -0.39 is 11.9 Å². The van der Waals surface area contributed by atoms with E-state index in [0.717, 1.165) is 0 Å². The largest absolute Gasteiger partial charge is 0.519 e. The number of imidazole rings is 1. The van der Waals surface area contributed by atoms with Crippen LogP contribution in [0.1, 0.15) is 27.4 Å². The minimum absolute atomic E-state index is 0.125. The number of amides is 1. The standard InChI is InChI=1S/C21H17N3O6/c1-12-17(30-21(27)29-12)11-24(20(26)28-2)19-22-15-9-8-14(10-16(15)23-19)18(25)13-6-4-3-5-7-13/h3-10H,11H2,1-2H3,(H,22,23). The van der Waals surface area contributed by atoms with Gasteiger partial charge in [-0.05, 0) is 25.1 Å². The number of hydrogen-bond acceptors (Lipinski definition) is 7. The number of carbonyl (C=O) groups is 2. The molecule has 2 heterocycles. The molecule has 1 N–H and O–H groups in total. The third-order valence-corrected chi connectivity index (χ3v) is 4.56. The van der Waals surface area contributed by atoms with Crippen LogP contribution >= 0.6 is 0 Å². The second-order valence-electron chi connectivity index (χ2n) is 6.48. The number of benzene rings is 2. The molecule has 9 nitrogen and oxygen atoms in total. The first-order valence-electron chi connectivity index (χ1n) is 9.00. The van der Waals surface area contributed by atoms with Crippen molar-refractivity contribution in [1.82, 2.24) is 9.97 Å². The van der Waals surface area contributed by atoms with E-state index in [4.69, 9.17) is 13.6 Å². The van der Waals surface area contributed by atoms with Crippen molar-refractivity contribution in [3.8, 4) is 0 Å². The fourth-order valence-electron chi connectivity index (χ4n) is 3.02. The predicted molar refractivity (Wildman–Crippen MR) is 107 cm³/mol. The Labute approximate surface area is 169 Å². The fourth-order valence-corrected chi connectivity index (χ4v) is 3.02. The van der Waals surface area contributed by atoms with Crippen LogP contribution in [0, 0.1) is 6.92 Å². The van der Waals surface area contributed by atoms with Gasteiger partial charge in [-0.25, -0.2) is 19.5 Å². The van der Waals surface area contributed by atoms with E-state index in [0.29, 0.717) is 22.2 Å². The first kappa shape index (κ1) is 19.2. The number of H-pyrrole nitrogens is 1. The van der Waals surface area contributed by atoms with E-state index in [2.05, 4.69) is 9.97 Å².